The highest BCUT2D eigenvalue weighted by Gasteiger charge is 2.28. The Morgan fingerprint density at radius 1 is 1.31 bits per heavy atom. The molecule has 3 heteroatoms. The Balaban J connectivity index is 2.33. The van der Waals surface area contributed by atoms with Crippen LogP contribution in [0.5, 0.6) is 0 Å². The molecule has 0 unspecified atom stereocenters. The van der Waals surface area contributed by atoms with E-state index in [-0.39, 0.29) is 16.9 Å². The normalized spacial score (nSPS) is 20.5. The summed E-state index contributed by atoms with van der Waals surface area (Å²) in [6.45, 7) is 10.7. The van der Waals surface area contributed by atoms with Gasteiger partial charge in [0.15, 0.2) is 0 Å². The van der Waals surface area contributed by atoms with Crippen LogP contribution in [0.3, 0.4) is 0 Å². The van der Waals surface area contributed by atoms with Gasteiger partial charge in [0.25, 0.3) is 0 Å². The SMILES string of the molecule is CC(C)(C)CCC(=O)NC1(C)CCNCC1. The van der Waals surface area contributed by atoms with Crippen LogP contribution in [0.25, 0.3) is 0 Å². The minimum Gasteiger partial charge on any atom is -0.351 e. The van der Waals surface area contributed by atoms with Crippen LogP contribution in [-0.2, 0) is 4.79 Å². The van der Waals surface area contributed by atoms with Crippen LogP contribution >= 0.6 is 0 Å². The topological polar surface area (TPSA) is 41.1 Å². The van der Waals surface area contributed by atoms with Crippen LogP contribution in [0.2, 0.25) is 0 Å². The molecule has 1 saturated heterocycles. The molecule has 1 amide bonds. The van der Waals surface area contributed by atoms with Crippen LogP contribution < -0.4 is 10.6 Å². The monoisotopic (exact) mass is 226 g/mol. The van der Waals surface area contributed by atoms with Gasteiger partial charge in [-0.2, -0.15) is 0 Å². The second kappa shape index (κ2) is 5.17. The molecule has 0 saturated carbocycles. The molecule has 1 aliphatic heterocycles. The van der Waals surface area contributed by atoms with E-state index in [9.17, 15) is 4.79 Å². The first kappa shape index (κ1) is 13.5. The Bertz CT molecular complexity index is 237. The number of carbonyl (C=O) groups is 1. The van der Waals surface area contributed by atoms with Crippen molar-refractivity contribution in [3.8, 4) is 0 Å². The average Bonchev–Trinajstić information content (AvgIpc) is 2.14. The third-order valence-electron chi connectivity index (χ3n) is 3.25. The molecule has 0 aromatic rings. The molecular formula is C13H26N2O. The lowest BCUT2D eigenvalue weighted by Crippen LogP contribution is -2.52. The van der Waals surface area contributed by atoms with E-state index in [1.807, 2.05) is 0 Å². The summed E-state index contributed by atoms with van der Waals surface area (Å²) in [6, 6.07) is 0. The molecule has 0 aromatic heterocycles. The summed E-state index contributed by atoms with van der Waals surface area (Å²) in [4.78, 5) is 11.8. The molecule has 3 nitrogen and oxygen atoms in total. The van der Waals surface area contributed by atoms with Crippen LogP contribution in [0.1, 0.15) is 53.4 Å². The minimum absolute atomic E-state index is 0.0141. The number of hydrogen-bond acceptors (Lipinski definition) is 2. The van der Waals surface area contributed by atoms with E-state index in [0.29, 0.717) is 6.42 Å². The summed E-state index contributed by atoms with van der Waals surface area (Å²) >= 11 is 0. The predicted octanol–water partition coefficient (Wildman–Crippen LogP) is 2.07. The van der Waals surface area contributed by atoms with E-state index in [1.54, 1.807) is 0 Å². The fourth-order valence-corrected chi connectivity index (χ4v) is 1.99. The van der Waals surface area contributed by atoms with Gasteiger partial charge in [0.05, 0.1) is 0 Å². The fourth-order valence-electron chi connectivity index (χ4n) is 1.99. The smallest absolute Gasteiger partial charge is 0.220 e. The van der Waals surface area contributed by atoms with Gasteiger partial charge in [0, 0.05) is 12.0 Å². The average molecular weight is 226 g/mol. The van der Waals surface area contributed by atoms with Crippen molar-refractivity contribution in [2.75, 3.05) is 13.1 Å². The van der Waals surface area contributed by atoms with Crippen molar-refractivity contribution in [1.82, 2.24) is 10.6 Å². The van der Waals surface area contributed by atoms with Crippen LogP contribution in [0, 0.1) is 5.41 Å². The zero-order chi connectivity index (χ0) is 12.2. The third kappa shape index (κ3) is 4.97. The van der Waals surface area contributed by atoms with Crippen molar-refractivity contribution in [2.24, 2.45) is 5.41 Å². The molecule has 0 bridgehead atoms. The zero-order valence-electron chi connectivity index (χ0n) is 11.2. The predicted molar refractivity (Wildman–Crippen MR) is 67.3 cm³/mol. The van der Waals surface area contributed by atoms with E-state index < -0.39 is 0 Å². The summed E-state index contributed by atoms with van der Waals surface area (Å²) in [5.41, 5.74) is 0.257. The van der Waals surface area contributed by atoms with Gasteiger partial charge >= 0.3 is 0 Å². The number of piperidine rings is 1. The maximum absolute atomic E-state index is 11.8. The van der Waals surface area contributed by atoms with E-state index in [1.165, 1.54) is 0 Å². The lowest BCUT2D eigenvalue weighted by molar-refractivity contribution is -0.123. The van der Waals surface area contributed by atoms with Gasteiger partial charge in [-0.1, -0.05) is 20.8 Å². The number of rotatable bonds is 3. The van der Waals surface area contributed by atoms with Crippen molar-refractivity contribution >= 4 is 5.91 Å². The first-order valence-corrected chi connectivity index (χ1v) is 6.33. The van der Waals surface area contributed by atoms with Crippen molar-refractivity contribution < 1.29 is 4.79 Å². The van der Waals surface area contributed by atoms with Gasteiger partial charge in [-0.3, -0.25) is 4.79 Å². The molecular weight excluding hydrogens is 200 g/mol. The fraction of sp³-hybridized carbons (Fsp3) is 0.923. The van der Waals surface area contributed by atoms with E-state index in [2.05, 4.69) is 38.3 Å². The molecule has 1 heterocycles. The lowest BCUT2D eigenvalue weighted by Gasteiger charge is -2.35. The summed E-state index contributed by atoms with van der Waals surface area (Å²) in [6.07, 6.45) is 3.67. The van der Waals surface area contributed by atoms with Crippen molar-refractivity contribution in [3.63, 3.8) is 0 Å². The highest BCUT2D eigenvalue weighted by molar-refractivity contribution is 5.76. The highest BCUT2D eigenvalue weighted by Crippen LogP contribution is 2.22. The molecule has 1 fully saturated rings. The molecule has 1 rings (SSSR count). The maximum Gasteiger partial charge on any atom is 0.220 e. The van der Waals surface area contributed by atoms with Gasteiger partial charge in [-0.25, -0.2) is 0 Å². The van der Waals surface area contributed by atoms with E-state index in [0.717, 1.165) is 32.4 Å². The Labute approximate surface area is 99.4 Å². The van der Waals surface area contributed by atoms with Crippen molar-refractivity contribution in [1.29, 1.82) is 0 Å². The summed E-state index contributed by atoms with van der Waals surface area (Å²) in [7, 11) is 0. The van der Waals surface area contributed by atoms with Gasteiger partial charge < -0.3 is 10.6 Å². The Hall–Kier alpha value is -0.570. The Kier molecular flexibility index (Phi) is 4.36. The van der Waals surface area contributed by atoms with Gasteiger partial charge in [0.2, 0.25) is 5.91 Å². The molecule has 0 atom stereocenters. The molecule has 0 aliphatic carbocycles. The largest absolute Gasteiger partial charge is 0.351 e. The quantitative estimate of drug-likeness (QED) is 0.773. The number of nitrogens with one attached hydrogen (secondary N) is 2. The molecule has 2 N–H and O–H groups in total. The molecule has 0 spiro atoms. The van der Waals surface area contributed by atoms with Crippen LogP contribution in [0.4, 0.5) is 0 Å². The van der Waals surface area contributed by atoms with Crippen LogP contribution in [-0.4, -0.2) is 24.5 Å². The molecule has 0 aromatic carbocycles. The van der Waals surface area contributed by atoms with E-state index >= 15 is 0 Å². The van der Waals surface area contributed by atoms with E-state index in [4.69, 9.17) is 0 Å². The number of hydrogen-bond donors (Lipinski definition) is 2. The molecule has 0 radical (unpaired) electrons. The third-order valence-corrected chi connectivity index (χ3v) is 3.25. The second-order valence-electron chi connectivity index (χ2n) is 6.42. The van der Waals surface area contributed by atoms with Gasteiger partial charge in [0.1, 0.15) is 0 Å². The van der Waals surface area contributed by atoms with Gasteiger partial charge in [-0.05, 0) is 44.7 Å². The zero-order valence-corrected chi connectivity index (χ0v) is 11.2. The summed E-state index contributed by atoms with van der Waals surface area (Å²) in [5.74, 6) is 0.208. The second-order valence-corrected chi connectivity index (χ2v) is 6.42. The number of carbonyl (C=O) groups excluding carboxylic acids is 1. The minimum atomic E-state index is 0.0141. The first-order valence-electron chi connectivity index (χ1n) is 6.33. The van der Waals surface area contributed by atoms with Crippen LogP contribution in [0.15, 0.2) is 0 Å². The van der Waals surface area contributed by atoms with Crippen molar-refractivity contribution in [3.05, 3.63) is 0 Å². The lowest BCUT2D eigenvalue weighted by atomic mass is 9.88. The molecule has 94 valence electrons. The number of amides is 1. The Morgan fingerprint density at radius 3 is 2.38 bits per heavy atom. The first-order chi connectivity index (χ1) is 7.31. The summed E-state index contributed by atoms with van der Waals surface area (Å²) < 4.78 is 0. The molecule has 16 heavy (non-hydrogen) atoms. The van der Waals surface area contributed by atoms with Crippen molar-refractivity contribution in [2.45, 2.75) is 58.9 Å². The maximum atomic E-state index is 11.8. The standard InChI is InChI=1S/C13H26N2O/c1-12(2,3)6-5-11(16)15-13(4)7-9-14-10-8-13/h14H,5-10H2,1-4H3,(H,15,16). The highest BCUT2D eigenvalue weighted by atomic mass is 16.1. The van der Waals surface area contributed by atoms with Gasteiger partial charge in [-0.15, -0.1) is 0 Å². The summed E-state index contributed by atoms with van der Waals surface area (Å²) in [5, 5.41) is 6.51. The molecule has 1 aliphatic rings. The Morgan fingerprint density at radius 2 is 1.88 bits per heavy atom.